The molecule has 0 spiro atoms. The summed E-state index contributed by atoms with van der Waals surface area (Å²) in [6.45, 7) is 2.36. The Morgan fingerprint density at radius 1 is 0.970 bits per heavy atom. The van der Waals surface area contributed by atoms with Crippen LogP contribution >= 0.6 is 0 Å². The largest absolute Gasteiger partial charge is 0.493 e. The highest BCUT2D eigenvalue weighted by atomic mass is 16.5. The molecule has 1 amide bonds. The Morgan fingerprint density at radius 2 is 1.73 bits per heavy atom. The zero-order valence-corrected chi connectivity index (χ0v) is 19.2. The predicted molar refractivity (Wildman–Crippen MR) is 125 cm³/mol. The molecule has 1 aromatic heterocycles. The minimum atomic E-state index is -0.485. The van der Waals surface area contributed by atoms with E-state index in [4.69, 9.17) is 23.4 Å². The van der Waals surface area contributed by atoms with Gasteiger partial charge in [0, 0.05) is 5.56 Å². The maximum atomic E-state index is 12.4. The number of carbonyl (C=O) groups is 1. The number of benzene rings is 2. The van der Waals surface area contributed by atoms with E-state index in [1.165, 1.54) is 33.1 Å². The third-order valence-corrected chi connectivity index (χ3v) is 4.83. The molecule has 0 saturated heterocycles. The van der Waals surface area contributed by atoms with E-state index in [1.807, 2.05) is 24.3 Å². The first-order chi connectivity index (χ1) is 16.1. The lowest BCUT2D eigenvalue weighted by molar-refractivity contribution is 0.0923. The van der Waals surface area contributed by atoms with Crippen LogP contribution in [0.15, 0.2) is 58.0 Å². The number of ether oxygens (including phenoxy) is 4. The first-order valence-electron chi connectivity index (χ1n) is 10.5. The predicted octanol–water partition coefficient (Wildman–Crippen LogP) is 4.60. The van der Waals surface area contributed by atoms with E-state index in [-0.39, 0.29) is 12.4 Å². The monoisotopic (exact) mass is 452 g/mol. The van der Waals surface area contributed by atoms with E-state index in [1.54, 1.807) is 24.3 Å². The van der Waals surface area contributed by atoms with Crippen molar-refractivity contribution >= 4 is 12.1 Å². The normalized spacial score (nSPS) is 10.8. The zero-order valence-electron chi connectivity index (χ0n) is 19.2. The van der Waals surface area contributed by atoms with Gasteiger partial charge in [-0.15, -0.1) is 0 Å². The minimum absolute atomic E-state index is 0.128. The summed E-state index contributed by atoms with van der Waals surface area (Å²) in [6.07, 6.45) is 3.59. The molecule has 8 nitrogen and oxygen atoms in total. The molecule has 2 aromatic carbocycles. The number of aryl methyl sites for hydroxylation is 1. The summed E-state index contributed by atoms with van der Waals surface area (Å²) in [7, 11) is 4.57. The smallest absolute Gasteiger partial charge is 0.307 e. The Bertz CT molecular complexity index is 1090. The Labute approximate surface area is 193 Å². The second kappa shape index (κ2) is 11.6. The van der Waals surface area contributed by atoms with Crippen molar-refractivity contribution in [2.45, 2.75) is 26.4 Å². The minimum Gasteiger partial charge on any atom is -0.493 e. The number of rotatable bonds is 11. The van der Waals surface area contributed by atoms with Gasteiger partial charge in [-0.05, 0) is 48.4 Å². The third-order valence-electron chi connectivity index (χ3n) is 4.83. The van der Waals surface area contributed by atoms with Crippen molar-refractivity contribution < 1.29 is 28.2 Å². The summed E-state index contributed by atoms with van der Waals surface area (Å²) < 4.78 is 27.3. The van der Waals surface area contributed by atoms with E-state index in [2.05, 4.69) is 17.5 Å². The summed E-state index contributed by atoms with van der Waals surface area (Å²) in [4.78, 5) is 12.4. The Kier molecular flexibility index (Phi) is 8.35. The number of hydrogen-bond acceptors (Lipinski definition) is 7. The SMILES string of the molecule is CCCc1ccc(OCc2ccc(C(=O)N/N=C\c3ccc(OC)c(OC)c3OC)o2)cc1. The highest BCUT2D eigenvalue weighted by Gasteiger charge is 2.15. The van der Waals surface area contributed by atoms with Crippen LogP contribution in [0.1, 0.15) is 40.8 Å². The fourth-order valence-electron chi connectivity index (χ4n) is 3.21. The zero-order chi connectivity index (χ0) is 23.6. The quantitative estimate of drug-likeness (QED) is 0.338. The first kappa shape index (κ1) is 23.7. The van der Waals surface area contributed by atoms with E-state index in [0.717, 1.165) is 18.6 Å². The standard InChI is InChI=1S/C25H28N2O6/c1-5-6-17-7-10-19(11-8-17)32-16-20-12-14-22(33-20)25(28)27-26-15-18-9-13-21(29-2)24(31-4)23(18)30-3/h7-15H,5-6,16H2,1-4H3,(H,27,28)/b26-15-. The number of nitrogens with zero attached hydrogens (tertiary/aromatic N) is 1. The molecular weight excluding hydrogens is 424 g/mol. The van der Waals surface area contributed by atoms with Crippen LogP contribution < -0.4 is 24.4 Å². The van der Waals surface area contributed by atoms with Crippen LogP contribution in [0.2, 0.25) is 0 Å². The van der Waals surface area contributed by atoms with Gasteiger partial charge in [-0.2, -0.15) is 5.10 Å². The number of nitrogens with one attached hydrogen (secondary N) is 1. The Balaban J connectivity index is 1.58. The van der Waals surface area contributed by atoms with Crippen LogP contribution in [-0.4, -0.2) is 33.5 Å². The fraction of sp³-hybridized carbons (Fsp3) is 0.280. The molecule has 1 heterocycles. The third kappa shape index (κ3) is 6.06. The Morgan fingerprint density at radius 3 is 2.39 bits per heavy atom. The lowest BCUT2D eigenvalue weighted by atomic mass is 10.1. The number of hydrazone groups is 1. The van der Waals surface area contributed by atoms with Gasteiger partial charge in [0.05, 0.1) is 27.5 Å². The highest BCUT2D eigenvalue weighted by Crippen LogP contribution is 2.38. The number of amides is 1. The average molecular weight is 453 g/mol. The van der Waals surface area contributed by atoms with Gasteiger partial charge < -0.3 is 23.4 Å². The number of furan rings is 1. The molecule has 174 valence electrons. The molecule has 0 aliphatic carbocycles. The second-order valence-corrected chi connectivity index (χ2v) is 7.07. The van der Waals surface area contributed by atoms with Gasteiger partial charge in [0.25, 0.3) is 0 Å². The van der Waals surface area contributed by atoms with Crippen molar-refractivity contribution in [3.8, 4) is 23.0 Å². The average Bonchev–Trinajstić information content (AvgIpc) is 3.32. The summed E-state index contributed by atoms with van der Waals surface area (Å²) in [5.41, 5.74) is 4.32. The fourth-order valence-corrected chi connectivity index (χ4v) is 3.21. The number of methoxy groups -OCH3 is 3. The number of carbonyl (C=O) groups excluding carboxylic acids is 1. The molecule has 8 heteroatoms. The lowest BCUT2D eigenvalue weighted by Gasteiger charge is -2.13. The van der Waals surface area contributed by atoms with E-state index in [9.17, 15) is 4.79 Å². The molecule has 0 atom stereocenters. The molecular formula is C25H28N2O6. The van der Waals surface area contributed by atoms with Crippen molar-refractivity contribution in [1.82, 2.24) is 5.43 Å². The molecule has 33 heavy (non-hydrogen) atoms. The molecule has 0 bridgehead atoms. The van der Waals surface area contributed by atoms with Crippen molar-refractivity contribution in [1.29, 1.82) is 0 Å². The van der Waals surface area contributed by atoms with Gasteiger partial charge in [-0.25, -0.2) is 5.43 Å². The van der Waals surface area contributed by atoms with Crippen molar-refractivity contribution in [2.75, 3.05) is 21.3 Å². The molecule has 0 aliphatic heterocycles. The summed E-state index contributed by atoms with van der Waals surface area (Å²) in [6, 6.07) is 14.7. The molecule has 1 N–H and O–H groups in total. The molecule has 3 rings (SSSR count). The number of hydrogen-bond donors (Lipinski definition) is 1. The summed E-state index contributed by atoms with van der Waals surface area (Å²) >= 11 is 0. The van der Waals surface area contributed by atoms with E-state index in [0.29, 0.717) is 28.6 Å². The van der Waals surface area contributed by atoms with Crippen LogP contribution in [0.4, 0.5) is 0 Å². The van der Waals surface area contributed by atoms with Crippen LogP contribution in [-0.2, 0) is 13.0 Å². The van der Waals surface area contributed by atoms with Gasteiger partial charge in [-0.1, -0.05) is 25.5 Å². The molecule has 0 fully saturated rings. The van der Waals surface area contributed by atoms with Gasteiger partial charge in [0.2, 0.25) is 5.75 Å². The van der Waals surface area contributed by atoms with Crippen LogP contribution in [0.3, 0.4) is 0 Å². The molecule has 0 radical (unpaired) electrons. The van der Waals surface area contributed by atoms with Gasteiger partial charge in [0.1, 0.15) is 18.1 Å². The summed E-state index contributed by atoms with van der Waals surface area (Å²) in [5, 5.41) is 3.99. The van der Waals surface area contributed by atoms with Gasteiger partial charge in [0.15, 0.2) is 17.3 Å². The first-order valence-corrected chi connectivity index (χ1v) is 10.5. The van der Waals surface area contributed by atoms with Gasteiger partial charge in [-0.3, -0.25) is 4.79 Å². The van der Waals surface area contributed by atoms with Crippen molar-refractivity contribution in [3.05, 3.63) is 71.2 Å². The maximum absolute atomic E-state index is 12.4. The highest BCUT2D eigenvalue weighted by molar-refractivity contribution is 5.93. The van der Waals surface area contributed by atoms with Crippen LogP contribution in [0.5, 0.6) is 23.0 Å². The van der Waals surface area contributed by atoms with Gasteiger partial charge >= 0.3 is 5.91 Å². The Hall–Kier alpha value is -3.94. The molecule has 3 aromatic rings. The van der Waals surface area contributed by atoms with Crippen LogP contribution in [0.25, 0.3) is 0 Å². The topological polar surface area (TPSA) is 91.5 Å². The van der Waals surface area contributed by atoms with Crippen molar-refractivity contribution in [3.63, 3.8) is 0 Å². The molecule has 0 unspecified atom stereocenters. The summed E-state index contributed by atoms with van der Waals surface area (Å²) in [5.74, 6) is 2.32. The second-order valence-electron chi connectivity index (χ2n) is 7.07. The van der Waals surface area contributed by atoms with E-state index < -0.39 is 5.91 Å². The molecule has 0 saturated carbocycles. The maximum Gasteiger partial charge on any atom is 0.307 e. The van der Waals surface area contributed by atoms with Crippen molar-refractivity contribution in [2.24, 2.45) is 5.10 Å². The van der Waals surface area contributed by atoms with E-state index >= 15 is 0 Å². The lowest BCUT2D eigenvalue weighted by Crippen LogP contribution is -2.16. The van der Waals surface area contributed by atoms with Crippen LogP contribution in [0, 0.1) is 0 Å². The molecule has 0 aliphatic rings.